The first-order chi connectivity index (χ1) is 17.0. The summed E-state index contributed by atoms with van der Waals surface area (Å²) < 4.78 is 11.5. The van der Waals surface area contributed by atoms with Crippen LogP contribution in [0.5, 0.6) is 5.75 Å². The molecule has 9 heteroatoms. The van der Waals surface area contributed by atoms with Crippen LogP contribution in [0.2, 0.25) is 0 Å². The molecule has 0 unspecified atom stereocenters. The molecule has 0 aliphatic carbocycles. The predicted molar refractivity (Wildman–Crippen MR) is 132 cm³/mol. The number of amides is 2. The molecule has 2 N–H and O–H groups in total. The van der Waals surface area contributed by atoms with E-state index in [0.29, 0.717) is 10.6 Å². The first-order valence-electron chi connectivity index (χ1n) is 10.9. The van der Waals surface area contributed by atoms with E-state index in [9.17, 15) is 14.4 Å². The van der Waals surface area contributed by atoms with Crippen LogP contribution in [0.15, 0.2) is 79.0 Å². The van der Waals surface area contributed by atoms with Crippen molar-refractivity contribution >= 4 is 39.5 Å². The zero-order valence-corrected chi connectivity index (χ0v) is 19.7. The average molecular weight is 490 g/mol. The Kier molecular flexibility index (Phi) is 7.69. The highest BCUT2D eigenvalue weighted by Gasteiger charge is 2.25. The molecule has 178 valence electrons. The lowest BCUT2D eigenvalue weighted by Gasteiger charge is -2.18. The minimum atomic E-state index is -1.17. The predicted octanol–water partition coefficient (Wildman–Crippen LogP) is 4.24. The van der Waals surface area contributed by atoms with Gasteiger partial charge >= 0.3 is 12.1 Å². The number of aryl methyl sites for hydroxylation is 1. The molecule has 0 aliphatic heterocycles. The van der Waals surface area contributed by atoms with E-state index in [0.717, 1.165) is 21.3 Å². The van der Waals surface area contributed by atoms with Crippen molar-refractivity contribution in [1.29, 1.82) is 0 Å². The summed E-state index contributed by atoms with van der Waals surface area (Å²) in [6.45, 7) is 1.79. The number of para-hydroxylation sites is 1. The number of nitrogens with one attached hydrogen (secondary N) is 2. The molecule has 0 radical (unpaired) electrons. The molecule has 0 saturated heterocycles. The van der Waals surface area contributed by atoms with Crippen LogP contribution in [0.25, 0.3) is 10.2 Å². The van der Waals surface area contributed by atoms with Crippen molar-refractivity contribution in [3.63, 3.8) is 0 Å². The Morgan fingerprint density at radius 1 is 1.00 bits per heavy atom. The summed E-state index contributed by atoms with van der Waals surface area (Å²) >= 11 is 1.31. The first kappa shape index (κ1) is 23.9. The summed E-state index contributed by atoms with van der Waals surface area (Å²) in [4.78, 5) is 42.7. The van der Waals surface area contributed by atoms with Gasteiger partial charge in [0, 0.05) is 12.7 Å². The van der Waals surface area contributed by atoms with Crippen molar-refractivity contribution in [3.8, 4) is 5.75 Å². The van der Waals surface area contributed by atoms with Gasteiger partial charge in [0.1, 0.15) is 18.4 Å². The summed E-state index contributed by atoms with van der Waals surface area (Å²) in [5, 5.41) is 5.19. The molecule has 2 amide bonds. The molecule has 2 aromatic heterocycles. The number of hydrogen-bond donors (Lipinski definition) is 2. The number of fused-ring (bicyclic) bond motifs is 1. The smallest absolute Gasteiger partial charge is 0.408 e. The molecule has 0 bridgehead atoms. The van der Waals surface area contributed by atoms with E-state index in [2.05, 4.69) is 15.6 Å². The maximum atomic E-state index is 12.8. The summed E-state index contributed by atoms with van der Waals surface area (Å²) in [5.74, 6) is -0.800. The Labute approximate surface area is 205 Å². The van der Waals surface area contributed by atoms with Gasteiger partial charge < -0.3 is 20.1 Å². The van der Waals surface area contributed by atoms with E-state index in [1.54, 1.807) is 42.6 Å². The number of ether oxygens (including phenoxy) is 2. The summed E-state index contributed by atoms with van der Waals surface area (Å²) in [6, 6.07) is 20.0. The number of thiophene rings is 1. The number of esters is 1. The van der Waals surface area contributed by atoms with Crippen molar-refractivity contribution in [3.05, 3.63) is 95.0 Å². The molecule has 0 spiro atoms. The molecule has 0 fully saturated rings. The van der Waals surface area contributed by atoms with Gasteiger partial charge in [-0.1, -0.05) is 48.5 Å². The summed E-state index contributed by atoms with van der Waals surface area (Å²) in [7, 11) is 0. The summed E-state index contributed by atoms with van der Waals surface area (Å²) in [6.07, 6.45) is 0.881. The quantitative estimate of drug-likeness (QED) is 0.283. The van der Waals surface area contributed by atoms with Crippen molar-refractivity contribution in [2.24, 2.45) is 0 Å². The molecular formula is C26H23N3O5S. The number of pyridine rings is 1. The maximum Gasteiger partial charge on any atom is 0.408 e. The van der Waals surface area contributed by atoms with Gasteiger partial charge in [0.05, 0.1) is 15.1 Å². The average Bonchev–Trinajstić information content (AvgIpc) is 3.32. The highest BCUT2D eigenvalue weighted by atomic mass is 32.1. The zero-order valence-electron chi connectivity index (χ0n) is 18.9. The number of carbonyl (C=O) groups is 3. The van der Waals surface area contributed by atoms with E-state index >= 15 is 0 Å². The second-order valence-electron chi connectivity index (χ2n) is 7.66. The fourth-order valence-electron chi connectivity index (χ4n) is 3.23. The number of benzene rings is 2. The number of nitrogens with zero attached hydrogens (tertiary/aromatic N) is 1. The summed E-state index contributed by atoms with van der Waals surface area (Å²) in [5.41, 5.74) is 2.54. The van der Waals surface area contributed by atoms with Crippen LogP contribution in [0.4, 0.5) is 4.79 Å². The third kappa shape index (κ3) is 6.42. The second kappa shape index (κ2) is 11.3. The molecule has 35 heavy (non-hydrogen) atoms. The first-order valence-corrected chi connectivity index (χ1v) is 11.7. The lowest BCUT2D eigenvalue weighted by atomic mass is 10.2. The Hall–Kier alpha value is -4.24. The van der Waals surface area contributed by atoms with Gasteiger partial charge in [0.2, 0.25) is 0 Å². The largest absolute Gasteiger partial charge is 0.445 e. The minimum Gasteiger partial charge on any atom is -0.445 e. The molecule has 2 aromatic carbocycles. The van der Waals surface area contributed by atoms with Gasteiger partial charge in [-0.05, 0) is 42.3 Å². The lowest BCUT2D eigenvalue weighted by Crippen LogP contribution is -2.50. The Morgan fingerprint density at radius 3 is 2.43 bits per heavy atom. The number of rotatable bonds is 8. The fourth-order valence-corrected chi connectivity index (χ4v) is 4.24. The van der Waals surface area contributed by atoms with Crippen LogP contribution >= 0.6 is 11.3 Å². The van der Waals surface area contributed by atoms with Gasteiger partial charge in [-0.15, -0.1) is 11.3 Å². The van der Waals surface area contributed by atoms with Crippen LogP contribution in [-0.4, -0.2) is 35.5 Å². The third-order valence-corrected chi connectivity index (χ3v) is 6.31. The van der Waals surface area contributed by atoms with E-state index < -0.39 is 18.1 Å². The van der Waals surface area contributed by atoms with Crippen LogP contribution in [0, 0.1) is 6.92 Å². The monoisotopic (exact) mass is 489 g/mol. The minimum absolute atomic E-state index is 0.0353. The Balaban J connectivity index is 1.42. The fraction of sp³-hybridized carbons (Fsp3) is 0.154. The second-order valence-corrected chi connectivity index (χ2v) is 8.71. The molecule has 0 saturated carbocycles. The molecule has 4 rings (SSSR count). The van der Waals surface area contributed by atoms with Crippen LogP contribution in [0.3, 0.4) is 0 Å². The Morgan fingerprint density at radius 2 is 1.71 bits per heavy atom. The third-order valence-electron chi connectivity index (χ3n) is 5.05. The van der Waals surface area contributed by atoms with Gasteiger partial charge in [0.15, 0.2) is 0 Å². The zero-order chi connectivity index (χ0) is 24.6. The molecular weight excluding hydrogens is 466 g/mol. The highest BCUT2D eigenvalue weighted by Crippen LogP contribution is 2.26. The lowest BCUT2D eigenvalue weighted by molar-refractivity contribution is -0.136. The van der Waals surface area contributed by atoms with Crippen LogP contribution in [0.1, 0.15) is 20.8 Å². The Bertz CT molecular complexity index is 1320. The molecule has 1 atom stereocenters. The maximum absolute atomic E-state index is 12.8. The highest BCUT2D eigenvalue weighted by molar-refractivity contribution is 7.21. The molecule has 2 heterocycles. The van der Waals surface area contributed by atoms with Crippen molar-refractivity contribution in [2.45, 2.75) is 19.6 Å². The van der Waals surface area contributed by atoms with Crippen molar-refractivity contribution in [2.75, 3.05) is 6.54 Å². The van der Waals surface area contributed by atoms with E-state index in [-0.39, 0.29) is 19.1 Å². The van der Waals surface area contributed by atoms with Crippen LogP contribution < -0.4 is 15.4 Å². The van der Waals surface area contributed by atoms with E-state index in [4.69, 9.17) is 9.47 Å². The van der Waals surface area contributed by atoms with Gasteiger partial charge in [-0.3, -0.25) is 9.78 Å². The number of aromatic nitrogens is 1. The standard InChI is InChI=1S/C26H23N3O5S/c1-17-12-13-27-20-14-22(35-23(17)20)24(30)28-15-21(25(31)34-19-10-6-3-7-11-19)29-26(32)33-16-18-8-4-2-5-9-18/h2-14,21H,15-16H2,1H3,(H,28,30)(H,29,32)/t21-/m1/s1. The van der Waals surface area contributed by atoms with Crippen LogP contribution in [-0.2, 0) is 16.1 Å². The topological polar surface area (TPSA) is 107 Å². The SMILES string of the molecule is Cc1ccnc2cc(C(=O)NC[C@@H](NC(=O)OCc3ccccc3)C(=O)Oc3ccccc3)sc12. The van der Waals surface area contributed by atoms with Crippen molar-refractivity contribution < 1.29 is 23.9 Å². The van der Waals surface area contributed by atoms with Gasteiger partial charge in [-0.25, -0.2) is 9.59 Å². The van der Waals surface area contributed by atoms with Crippen molar-refractivity contribution in [1.82, 2.24) is 15.6 Å². The molecule has 0 aliphatic rings. The van der Waals surface area contributed by atoms with Gasteiger partial charge in [0.25, 0.3) is 5.91 Å². The van der Waals surface area contributed by atoms with Gasteiger partial charge in [-0.2, -0.15) is 0 Å². The normalized spacial score (nSPS) is 11.5. The van der Waals surface area contributed by atoms with E-state index in [1.807, 2.05) is 43.3 Å². The number of hydrogen-bond acceptors (Lipinski definition) is 7. The number of alkyl carbamates (subject to hydrolysis) is 1. The molecule has 8 nitrogen and oxygen atoms in total. The van der Waals surface area contributed by atoms with E-state index in [1.165, 1.54) is 11.3 Å². The molecule has 4 aromatic rings. The number of carbonyl (C=O) groups excluding carboxylic acids is 3.